The van der Waals surface area contributed by atoms with E-state index in [1.165, 1.54) is 0 Å². The Bertz CT molecular complexity index is 278. The third-order valence-corrected chi connectivity index (χ3v) is 1.61. The third-order valence-electron chi connectivity index (χ3n) is 1.61. The molecule has 0 aliphatic carbocycles. The molecule has 4 heteroatoms. The molecule has 1 aromatic rings. The first-order valence-corrected chi connectivity index (χ1v) is 3.76. The second kappa shape index (κ2) is 3.38. The molecule has 0 saturated heterocycles. The summed E-state index contributed by atoms with van der Waals surface area (Å²) in [6.07, 6.45) is 1.48. The Kier molecular flexibility index (Phi) is 2.47. The van der Waals surface area contributed by atoms with Crippen LogP contribution in [0.5, 0.6) is 0 Å². The first-order chi connectivity index (χ1) is 5.61. The number of aromatic nitrogens is 1. The van der Waals surface area contributed by atoms with Crippen molar-refractivity contribution in [1.82, 2.24) is 5.16 Å². The van der Waals surface area contributed by atoms with Crippen molar-refractivity contribution in [3.8, 4) is 0 Å². The zero-order chi connectivity index (χ0) is 9.14. The minimum atomic E-state index is -0.895. The van der Waals surface area contributed by atoms with E-state index in [4.69, 9.17) is 9.63 Å². The van der Waals surface area contributed by atoms with Gasteiger partial charge in [0.1, 0.15) is 6.42 Å². The van der Waals surface area contributed by atoms with Gasteiger partial charge in [-0.25, -0.2) is 0 Å². The van der Waals surface area contributed by atoms with Crippen molar-refractivity contribution in [2.24, 2.45) is 0 Å². The molecule has 0 fully saturated rings. The number of carboxylic acids is 1. The minimum absolute atomic E-state index is 0.0898. The molecule has 0 aliphatic rings. The van der Waals surface area contributed by atoms with Crippen LogP contribution in [0.1, 0.15) is 31.1 Å². The molecule has 0 saturated carbocycles. The molecule has 66 valence electrons. The maximum atomic E-state index is 10.4. The molecule has 1 aromatic heterocycles. The average molecular weight is 169 g/mol. The Balaban J connectivity index is 2.84. The van der Waals surface area contributed by atoms with Crippen LogP contribution in [-0.2, 0) is 11.2 Å². The highest BCUT2D eigenvalue weighted by Crippen LogP contribution is 2.18. The molecule has 0 unspecified atom stereocenters. The summed E-state index contributed by atoms with van der Waals surface area (Å²) in [6, 6.07) is 0. The topological polar surface area (TPSA) is 63.3 Å². The number of rotatable bonds is 3. The number of carboxylic acid groups (broad SMARTS) is 1. The fourth-order valence-corrected chi connectivity index (χ4v) is 1.01. The lowest BCUT2D eigenvalue weighted by molar-refractivity contribution is -0.136. The van der Waals surface area contributed by atoms with Crippen LogP contribution in [0.2, 0.25) is 0 Å². The maximum absolute atomic E-state index is 10.4. The molecule has 0 bridgehead atoms. The monoisotopic (exact) mass is 169 g/mol. The van der Waals surface area contributed by atoms with Crippen molar-refractivity contribution in [2.45, 2.75) is 26.2 Å². The molecule has 1 N–H and O–H groups in total. The predicted octanol–water partition coefficient (Wildman–Crippen LogP) is 1.43. The molecule has 1 heterocycles. The Morgan fingerprint density at radius 1 is 1.75 bits per heavy atom. The molecule has 0 atom stereocenters. The normalized spacial score (nSPS) is 10.6. The lowest BCUT2D eigenvalue weighted by atomic mass is 10.0. The van der Waals surface area contributed by atoms with Gasteiger partial charge >= 0.3 is 5.97 Å². The third kappa shape index (κ3) is 1.84. The molecule has 0 radical (unpaired) electrons. The van der Waals surface area contributed by atoms with E-state index in [0.29, 0.717) is 5.76 Å². The number of nitrogens with zero attached hydrogens (tertiary/aromatic N) is 1. The number of hydrogen-bond acceptors (Lipinski definition) is 3. The van der Waals surface area contributed by atoms with Gasteiger partial charge < -0.3 is 9.63 Å². The van der Waals surface area contributed by atoms with Crippen molar-refractivity contribution in [3.05, 3.63) is 17.5 Å². The van der Waals surface area contributed by atoms with Gasteiger partial charge in [-0.05, 0) is 5.92 Å². The Hall–Kier alpha value is -1.32. The van der Waals surface area contributed by atoms with E-state index in [0.717, 1.165) is 5.56 Å². The molecule has 0 aromatic carbocycles. The van der Waals surface area contributed by atoms with Crippen LogP contribution < -0.4 is 0 Å². The van der Waals surface area contributed by atoms with Gasteiger partial charge in [-0.1, -0.05) is 19.0 Å². The van der Waals surface area contributed by atoms with Crippen LogP contribution in [0.4, 0.5) is 0 Å². The number of aliphatic carboxylic acids is 1. The van der Waals surface area contributed by atoms with E-state index in [-0.39, 0.29) is 12.3 Å². The van der Waals surface area contributed by atoms with Crippen molar-refractivity contribution < 1.29 is 14.4 Å². The Morgan fingerprint density at radius 3 is 2.92 bits per heavy atom. The van der Waals surface area contributed by atoms with E-state index < -0.39 is 5.97 Å². The van der Waals surface area contributed by atoms with E-state index in [9.17, 15) is 4.79 Å². The molecule has 1 rings (SSSR count). The first-order valence-electron chi connectivity index (χ1n) is 3.76. The van der Waals surface area contributed by atoms with E-state index in [1.807, 2.05) is 13.8 Å². The smallest absolute Gasteiger partial charge is 0.311 e. The van der Waals surface area contributed by atoms with Crippen molar-refractivity contribution in [2.75, 3.05) is 0 Å². The summed E-state index contributed by atoms with van der Waals surface area (Å²) in [6.45, 7) is 3.94. The van der Waals surface area contributed by atoms with Crippen LogP contribution in [0, 0.1) is 0 Å². The summed E-state index contributed by atoms with van der Waals surface area (Å²) >= 11 is 0. The summed E-state index contributed by atoms with van der Waals surface area (Å²) in [7, 11) is 0. The molecule has 12 heavy (non-hydrogen) atoms. The average Bonchev–Trinajstić information content (AvgIpc) is 2.33. The standard InChI is InChI=1S/C8H11NO3/c1-5(2)6-4-9-12-7(6)3-8(10)11/h4-5H,3H2,1-2H3,(H,10,11). The van der Waals surface area contributed by atoms with Gasteiger partial charge in [0.15, 0.2) is 5.76 Å². The zero-order valence-electron chi connectivity index (χ0n) is 7.07. The van der Waals surface area contributed by atoms with Crippen LogP contribution in [0.3, 0.4) is 0 Å². The summed E-state index contributed by atoms with van der Waals surface area (Å²) in [5.41, 5.74) is 0.873. The van der Waals surface area contributed by atoms with E-state index in [2.05, 4.69) is 5.16 Å². The molecular weight excluding hydrogens is 158 g/mol. The lowest BCUT2D eigenvalue weighted by Crippen LogP contribution is -2.02. The van der Waals surface area contributed by atoms with E-state index >= 15 is 0 Å². The second-order valence-corrected chi connectivity index (χ2v) is 2.93. The van der Waals surface area contributed by atoms with Crippen LogP contribution in [-0.4, -0.2) is 16.2 Å². The van der Waals surface area contributed by atoms with Crippen molar-refractivity contribution >= 4 is 5.97 Å². The van der Waals surface area contributed by atoms with Gasteiger partial charge in [0.2, 0.25) is 0 Å². The summed E-state index contributed by atoms with van der Waals surface area (Å²) in [4.78, 5) is 10.4. The largest absolute Gasteiger partial charge is 0.481 e. The van der Waals surface area contributed by atoms with Gasteiger partial charge in [-0.2, -0.15) is 0 Å². The van der Waals surface area contributed by atoms with Crippen molar-refractivity contribution in [1.29, 1.82) is 0 Å². The number of hydrogen-bond donors (Lipinski definition) is 1. The van der Waals surface area contributed by atoms with Crippen molar-refractivity contribution in [3.63, 3.8) is 0 Å². The van der Waals surface area contributed by atoms with Crippen LogP contribution >= 0.6 is 0 Å². The zero-order valence-corrected chi connectivity index (χ0v) is 7.07. The van der Waals surface area contributed by atoms with Gasteiger partial charge in [0, 0.05) is 5.56 Å². The summed E-state index contributed by atoms with van der Waals surface area (Å²) in [5, 5.41) is 12.1. The van der Waals surface area contributed by atoms with Gasteiger partial charge in [0.05, 0.1) is 6.20 Å². The SMILES string of the molecule is CC(C)c1cnoc1CC(=O)O. The summed E-state index contributed by atoms with van der Waals surface area (Å²) < 4.78 is 4.81. The quantitative estimate of drug-likeness (QED) is 0.743. The molecular formula is C8H11NO3. The Morgan fingerprint density at radius 2 is 2.42 bits per heavy atom. The second-order valence-electron chi connectivity index (χ2n) is 2.93. The minimum Gasteiger partial charge on any atom is -0.481 e. The van der Waals surface area contributed by atoms with Gasteiger partial charge in [-0.3, -0.25) is 4.79 Å². The maximum Gasteiger partial charge on any atom is 0.311 e. The fourth-order valence-electron chi connectivity index (χ4n) is 1.01. The highest BCUT2D eigenvalue weighted by Gasteiger charge is 2.13. The fraction of sp³-hybridized carbons (Fsp3) is 0.500. The first kappa shape index (κ1) is 8.77. The molecule has 4 nitrogen and oxygen atoms in total. The number of carbonyl (C=O) groups is 1. The highest BCUT2D eigenvalue weighted by molar-refractivity contribution is 5.69. The van der Waals surface area contributed by atoms with Crippen LogP contribution in [0.15, 0.2) is 10.7 Å². The van der Waals surface area contributed by atoms with Gasteiger partial charge in [-0.15, -0.1) is 0 Å². The van der Waals surface area contributed by atoms with E-state index in [1.54, 1.807) is 6.20 Å². The van der Waals surface area contributed by atoms with Gasteiger partial charge in [0.25, 0.3) is 0 Å². The molecule has 0 spiro atoms. The van der Waals surface area contributed by atoms with Crippen LogP contribution in [0.25, 0.3) is 0 Å². The summed E-state index contributed by atoms with van der Waals surface area (Å²) in [5.74, 6) is -0.184. The molecule has 0 aliphatic heterocycles. The Labute approximate surface area is 70.2 Å². The lowest BCUT2D eigenvalue weighted by Gasteiger charge is -2.00. The highest BCUT2D eigenvalue weighted by atomic mass is 16.5. The predicted molar refractivity (Wildman–Crippen MR) is 41.9 cm³/mol. The molecule has 0 amide bonds.